The third kappa shape index (κ3) is 3.32. The molecule has 102 valence electrons. The highest BCUT2D eigenvalue weighted by molar-refractivity contribution is 5.78. The van der Waals surface area contributed by atoms with Gasteiger partial charge in [0.1, 0.15) is 6.04 Å². The summed E-state index contributed by atoms with van der Waals surface area (Å²) in [5, 5.41) is 10.3. The third-order valence-electron chi connectivity index (χ3n) is 3.06. The van der Waals surface area contributed by atoms with Crippen LogP contribution in [0.15, 0.2) is 0 Å². The molecule has 1 rings (SSSR count). The summed E-state index contributed by atoms with van der Waals surface area (Å²) >= 11 is 0. The molecule has 0 fully saturated rings. The van der Waals surface area contributed by atoms with Crippen LogP contribution in [0.1, 0.15) is 50.2 Å². The van der Waals surface area contributed by atoms with Crippen LogP contribution in [0.3, 0.4) is 0 Å². The van der Waals surface area contributed by atoms with Crippen LogP contribution in [0.5, 0.6) is 0 Å². The maximum atomic E-state index is 12.1. The zero-order valence-electron chi connectivity index (χ0n) is 11.8. The Labute approximate surface area is 108 Å². The zero-order valence-corrected chi connectivity index (χ0v) is 11.8. The first-order valence-electron chi connectivity index (χ1n) is 6.45. The summed E-state index contributed by atoms with van der Waals surface area (Å²) in [6.45, 7) is 10.1. The van der Waals surface area contributed by atoms with Crippen molar-refractivity contribution in [2.45, 2.75) is 53.1 Å². The van der Waals surface area contributed by atoms with Crippen molar-refractivity contribution < 1.29 is 9.53 Å². The summed E-state index contributed by atoms with van der Waals surface area (Å²) < 4.78 is 5.14. The molecule has 0 aromatic carbocycles. The van der Waals surface area contributed by atoms with E-state index in [0.29, 0.717) is 6.61 Å². The minimum atomic E-state index is -0.446. The maximum Gasteiger partial charge on any atom is 0.327 e. The molecular weight excluding hydrogens is 230 g/mol. The number of aryl methyl sites for hydroxylation is 2. The van der Waals surface area contributed by atoms with Gasteiger partial charge in [-0.05, 0) is 34.1 Å². The number of carbonyl (C=O) groups is 1. The molecular formula is C13H23N3O2. The number of carbonyl (C=O) groups excluding carboxylic acids is 1. The Morgan fingerprint density at radius 3 is 2.56 bits per heavy atom. The van der Waals surface area contributed by atoms with Gasteiger partial charge in [-0.25, -0.2) is 4.79 Å². The topological polar surface area (TPSA) is 67.0 Å². The first kappa shape index (κ1) is 14.7. The summed E-state index contributed by atoms with van der Waals surface area (Å²) in [5.41, 5.74) is 2.64. The van der Waals surface area contributed by atoms with Crippen molar-refractivity contribution in [1.29, 1.82) is 0 Å². The van der Waals surface area contributed by atoms with Crippen molar-refractivity contribution in [2.24, 2.45) is 0 Å². The van der Waals surface area contributed by atoms with Crippen LogP contribution >= 0.6 is 0 Å². The molecule has 1 aromatic rings. The van der Waals surface area contributed by atoms with E-state index in [0.717, 1.165) is 23.4 Å². The lowest BCUT2D eigenvalue weighted by molar-refractivity contribution is -0.146. The number of H-pyrrole nitrogens is 1. The third-order valence-corrected chi connectivity index (χ3v) is 3.06. The predicted molar refractivity (Wildman–Crippen MR) is 70.3 cm³/mol. The van der Waals surface area contributed by atoms with Crippen molar-refractivity contribution in [2.75, 3.05) is 6.61 Å². The Bertz CT molecular complexity index is 381. The molecule has 0 bridgehead atoms. The molecule has 5 heteroatoms. The van der Waals surface area contributed by atoms with Gasteiger partial charge in [0, 0.05) is 17.3 Å². The summed E-state index contributed by atoms with van der Waals surface area (Å²) in [6, 6.07) is -0.202. The van der Waals surface area contributed by atoms with Crippen LogP contribution in [-0.4, -0.2) is 28.8 Å². The zero-order chi connectivity index (χ0) is 13.7. The number of nitrogens with zero attached hydrogens (tertiary/aromatic N) is 1. The second kappa shape index (κ2) is 6.54. The second-order valence-corrected chi connectivity index (χ2v) is 4.51. The lowest BCUT2D eigenvalue weighted by Gasteiger charge is -2.21. The molecule has 1 heterocycles. The molecule has 1 aromatic heterocycles. The first-order valence-corrected chi connectivity index (χ1v) is 6.45. The van der Waals surface area contributed by atoms with Gasteiger partial charge >= 0.3 is 5.97 Å². The van der Waals surface area contributed by atoms with E-state index in [2.05, 4.69) is 29.4 Å². The van der Waals surface area contributed by atoms with Gasteiger partial charge in [0.25, 0.3) is 0 Å². The average Bonchev–Trinajstić information content (AvgIpc) is 2.66. The number of esters is 1. The fourth-order valence-corrected chi connectivity index (χ4v) is 1.88. The molecule has 2 unspecified atom stereocenters. The molecule has 0 saturated carbocycles. The van der Waals surface area contributed by atoms with Crippen molar-refractivity contribution in [3.05, 3.63) is 17.0 Å². The van der Waals surface area contributed by atoms with Crippen LogP contribution in [0.2, 0.25) is 0 Å². The fourth-order valence-electron chi connectivity index (χ4n) is 1.88. The van der Waals surface area contributed by atoms with Gasteiger partial charge in [-0.15, -0.1) is 0 Å². The van der Waals surface area contributed by atoms with Crippen molar-refractivity contribution in [3.8, 4) is 0 Å². The predicted octanol–water partition coefficient (Wildman–Crippen LogP) is 2.02. The quantitative estimate of drug-likeness (QED) is 0.761. The number of nitrogens with one attached hydrogen (secondary N) is 2. The Morgan fingerprint density at radius 2 is 2.11 bits per heavy atom. The highest BCUT2D eigenvalue weighted by atomic mass is 16.5. The summed E-state index contributed by atoms with van der Waals surface area (Å²) in [5.74, 6) is -0.245. The van der Waals surface area contributed by atoms with Gasteiger partial charge < -0.3 is 4.74 Å². The largest absolute Gasteiger partial charge is 0.465 e. The molecule has 0 amide bonds. The van der Waals surface area contributed by atoms with Crippen LogP contribution in [-0.2, 0) is 9.53 Å². The van der Waals surface area contributed by atoms with Gasteiger partial charge in [-0.3, -0.25) is 10.4 Å². The number of aromatic amines is 1. The summed E-state index contributed by atoms with van der Waals surface area (Å²) in [4.78, 5) is 12.1. The van der Waals surface area contributed by atoms with E-state index >= 15 is 0 Å². The normalized spacial score (nSPS) is 14.3. The molecule has 0 saturated heterocycles. The lowest BCUT2D eigenvalue weighted by Crippen LogP contribution is -2.36. The van der Waals surface area contributed by atoms with E-state index in [1.807, 2.05) is 20.8 Å². The van der Waals surface area contributed by atoms with E-state index in [1.54, 1.807) is 0 Å². The SMILES string of the molecule is CCOC(=O)C(NC(C)CC)c1c(C)n[nH]c1C. The number of hydrogen-bond acceptors (Lipinski definition) is 4. The number of rotatable bonds is 6. The summed E-state index contributed by atoms with van der Waals surface area (Å²) in [7, 11) is 0. The van der Waals surface area contributed by atoms with Crippen molar-refractivity contribution >= 4 is 5.97 Å². The standard InChI is InChI=1S/C13H23N3O2/c1-6-8(3)14-12(13(17)18-7-2)11-9(4)15-16-10(11)5/h8,12,14H,6-7H2,1-5H3,(H,15,16). The van der Waals surface area contributed by atoms with E-state index < -0.39 is 6.04 Å². The molecule has 2 N–H and O–H groups in total. The number of aromatic nitrogens is 2. The van der Waals surface area contributed by atoms with Gasteiger partial charge in [-0.2, -0.15) is 5.10 Å². The van der Waals surface area contributed by atoms with Gasteiger partial charge in [-0.1, -0.05) is 6.92 Å². The van der Waals surface area contributed by atoms with Crippen LogP contribution in [0.25, 0.3) is 0 Å². The Kier molecular flexibility index (Phi) is 5.34. The highest BCUT2D eigenvalue weighted by Crippen LogP contribution is 2.22. The molecule has 0 aliphatic rings. The van der Waals surface area contributed by atoms with Gasteiger partial charge in [0.15, 0.2) is 0 Å². The fraction of sp³-hybridized carbons (Fsp3) is 0.692. The molecule has 0 radical (unpaired) electrons. The first-order chi connectivity index (χ1) is 8.51. The minimum Gasteiger partial charge on any atom is -0.465 e. The van der Waals surface area contributed by atoms with E-state index in [9.17, 15) is 4.79 Å². The molecule has 0 aliphatic heterocycles. The van der Waals surface area contributed by atoms with Gasteiger partial charge in [0.05, 0.1) is 12.3 Å². The monoisotopic (exact) mass is 253 g/mol. The van der Waals surface area contributed by atoms with Crippen LogP contribution in [0, 0.1) is 13.8 Å². The van der Waals surface area contributed by atoms with E-state index in [1.165, 1.54) is 0 Å². The smallest absolute Gasteiger partial charge is 0.327 e. The van der Waals surface area contributed by atoms with Crippen molar-refractivity contribution in [1.82, 2.24) is 15.5 Å². The van der Waals surface area contributed by atoms with E-state index in [-0.39, 0.29) is 12.0 Å². The molecule has 18 heavy (non-hydrogen) atoms. The highest BCUT2D eigenvalue weighted by Gasteiger charge is 2.27. The lowest BCUT2D eigenvalue weighted by atomic mass is 10.0. The van der Waals surface area contributed by atoms with E-state index in [4.69, 9.17) is 4.74 Å². The minimum absolute atomic E-state index is 0.244. The average molecular weight is 253 g/mol. The Hall–Kier alpha value is -1.36. The number of hydrogen-bond donors (Lipinski definition) is 2. The summed E-state index contributed by atoms with van der Waals surface area (Å²) in [6.07, 6.45) is 0.950. The molecule has 0 spiro atoms. The van der Waals surface area contributed by atoms with Crippen LogP contribution in [0.4, 0.5) is 0 Å². The number of ether oxygens (including phenoxy) is 1. The van der Waals surface area contributed by atoms with Crippen LogP contribution < -0.4 is 5.32 Å². The molecule has 5 nitrogen and oxygen atoms in total. The van der Waals surface area contributed by atoms with Crippen molar-refractivity contribution in [3.63, 3.8) is 0 Å². The second-order valence-electron chi connectivity index (χ2n) is 4.51. The Balaban J connectivity index is 3.00. The molecule has 2 atom stereocenters. The molecule has 0 aliphatic carbocycles. The maximum absolute atomic E-state index is 12.1. The Morgan fingerprint density at radius 1 is 1.44 bits per heavy atom. The van der Waals surface area contributed by atoms with Gasteiger partial charge in [0.2, 0.25) is 0 Å².